The SMILES string of the molecule is c1ccc([Si](c2ccccc2)(c2cccc(-n3c4ccccc4c4ccccc43)c2)c2nc(-n3c4ccccc4n4c5ccccc5nc34)cc(-n3c4ccccc4n4c5ccccc5nc34)n2)cc1. The van der Waals surface area contributed by atoms with Crippen molar-refractivity contribution in [2.45, 2.75) is 0 Å². The standard InChI is InChI=1S/C60H39N9Si/c1-3-21-41(22-4-1)70(42-23-5-2-6-24-42,43-25-19-20-40(38-43)65-48-30-11-7-26-44(48)45-27-8-12-31-49(45)65)58-63-56(68-54-36-17-15-34-52(54)66-50-32-13-9-28-46(50)61-59(66)68)39-57(64-58)69-55-37-18-16-35-53(55)67-51-33-14-10-29-47(51)62-60(67)69/h1-39H. The molecular formula is C60H39N9Si. The molecule has 0 fully saturated rings. The first-order valence-electron chi connectivity index (χ1n) is 23.6. The Morgan fingerprint density at radius 3 is 1.19 bits per heavy atom. The minimum Gasteiger partial charge on any atom is -0.309 e. The third kappa shape index (κ3) is 5.36. The van der Waals surface area contributed by atoms with Gasteiger partial charge in [-0.25, -0.2) is 19.9 Å². The van der Waals surface area contributed by atoms with Gasteiger partial charge in [0.1, 0.15) is 17.1 Å². The molecule has 0 radical (unpaired) electrons. The van der Waals surface area contributed by atoms with Crippen LogP contribution in [0, 0.1) is 0 Å². The summed E-state index contributed by atoms with van der Waals surface area (Å²) >= 11 is 0. The van der Waals surface area contributed by atoms with Gasteiger partial charge in [-0.1, -0.05) is 158 Å². The van der Waals surface area contributed by atoms with Gasteiger partial charge in [0.2, 0.25) is 19.6 Å². The van der Waals surface area contributed by atoms with Gasteiger partial charge in [-0.15, -0.1) is 0 Å². The van der Waals surface area contributed by atoms with Crippen LogP contribution >= 0.6 is 0 Å². The molecule has 0 atom stereocenters. The van der Waals surface area contributed by atoms with Crippen LogP contribution in [0.1, 0.15) is 0 Å². The predicted molar refractivity (Wildman–Crippen MR) is 286 cm³/mol. The highest BCUT2D eigenvalue weighted by atomic mass is 28.3. The van der Waals surface area contributed by atoms with E-state index in [4.69, 9.17) is 19.9 Å². The Bertz CT molecular complexity index is 4300. The first kappa shape index (κ1) is 38.7. The zero-order valence-electron chi connectivity index (χ0n) is 37.5. The van der Waals surface area contributed by atoms with E-state index in [9.17, 15) is 0 Å². The summed E-state index contributed by atoms with van der Waals surface area (Å²) in [5, 5.41) is 5.90. The number of hydrogen-bond acceptors (Lipinski definition) is 4. The lowest BCUT2D eigenvalue weighted by Gasteiger charge is -2.33. The molecule has 9 nitrogen and oxygen atoms in total. The Labute approximate surface area is 401 Å². The van der Waals surface area contributed by atoms with Crippen molar-refractivity contribution in [2.75, 3.05) is 0 Å². The second-order valence-corrected chi connectivity index (χ2v) is 21.6. The van der Waals surface area contributed by atoms with E-state index in [1.165, 1.54) is 10.8 Å². The average molecular weight is 914 g/mol. The third-order valence-electron chi connectivity index (χ3n) is 14.2. The molecule has 9 aromatic carbocycles. The first-order chi connectivity index (χ1) is 34.7. The lowest BCUT2D eigenvalue weighted by molar-refractivity contribution is 0.982. The minimum atomic E-state index is -3.52. The average Bonchev–Trinajstić information content (AvgIpc) is 4.22. The van der Waals surface area contributed by atoms with Crippen LogP contribution in [0.15, 0.2) is 237 Å². The number of imidazole rings is 4. The maximum Gasteiger partial charge on any atom is 0.226 e. The summed E-state index contributed by atoms with van der Waals surface area (Å²) in [6.07, 6.45) is 0. The molecular weight excluding hydrogens is 875 g/mol. The van der Waals surface area contributed by atoms with Gasteiger partial charge in [0, 0.05) is 22.5 Å². The van der Waals surface area contributed by atoms with E-state index < -0.39 is 8.07 Å². The van der Waals surface area contributed by atoms with E-state index in [1.54, 1.807) is 0 Å². The van der Waals surface area contributed by atoms with E-state index in [-0.39, 0.29) is 0 Å². The molecule has 15 aromatic rings. The van der Waals surface area contributed by atoms with Gasteiger partial charge in [-0.05, 0) is 88.4 Å². The van der Waals surface area contributed by atoms with E-state index in [1.807, 2.05) is 12.1 Å². The molecule has 10 heteroatoms. The Hall–Kier alpha value is -9.38. The van der Waals surface area contributed by atoms with Crippen molar-refractivity contribution in [2.24, 2.45) is 0 Å². The largest absolute Gasteiger partial charge is 0.309 e. The van der Waals surface area contributed by atoms with Crippen molar-refractivity contribution in [3.8, 4) is 17.3 Å². The minimum absolute atomic E-state index is 0.704. The molecule has 0 bridgehead atoms. The van der Waals surface area contributed by atoms with E-state index >= 15 is 0 Å². The van der Waals surface area contributed by atoms with Crippen LogP contribution in [0.25, 0.3) is 94.8 Å². The molecule has 328 valence electrons. The van der Waals surface area contributed by atoms with Crippen molar-refractivity contribution in [3.63, 3.8) is 0 Å². The summed E-state index contributed by atoms with van der Waals surface area (Å²) in [7, 11) is -3.52. The number of para-hydroxylation sites is 10. The van der Waals surface area contributed by atoms with Crippen molar-refractivity contribution in [1.29, 1.82) is 0 Å². The molecule has 15 rings (SSSR count). The van der Waals surface area contributed by atoms with Crippen LogP contribution in [0.5, 0.6) is 0 Å². The highest BCUT2D eigenvalue weighted by Crippen LogP contribution is 2.34. The molecule has 0 spiro atoms. The number of benzene rings is 9. The number of rotatable bonds is 7. The van der Waals surface area contributed by atoms with E-state index in [0.29, 0.717) is 11.6 Å². The second kappa shape index (κ2) is 14.8. The van der Waals surface area contributed by atoms with Gasteiger partial charge < -0.3 is 4.57 Å². The van der Waals surface area contributed by atoms with E-state index in [0.717, 1.165) is 93.4 Å². The molecule has 0 amide bonds. The van der Waals surface area contributed by atoms with Crippen molar-refractivity contribution >= 4 is 107 Å². The summed E-state index contributed by atoms with van der Waals surface area (Å²) in [5.41, 5.74) is 12.0. The van der Waals surface area contributed by atoms with Crippen molar-refractivity contribution in [3.05, 3.63) is 237 Å². The van der Waals surface area contributed by atoms with Crippen LogP contribution in [0.2, 0.25) is 0 Å². The van der Waals surface area contributed by atoms with Crippen LogP contribution in [-0.4, -0.2) is 50.5 Å². The number of fused-ring (bicyclic) bond motifs is 13. The Balaban J connectivity index is 1.11. The molecule has 0 aliphatic carbocycles. The number of hydrogen-bond donors (Lipinski definition) is 0. The molecule has 0 aliphatic rings. The van der Waals surface area contributed by atoms with Gasteiger partial charge in [-0.2, -0.15) is 0 Å². The highest BCUT2D eigenvalue weighted by molar-refractivity contribution is 7.19. The molecule has 6 aromatic heterocycles. The van der Waals surface area contributed by atoms with Crippen LogP contribution in [0.4, 0.5) is 0 Å². The second-order valence-electron chi connectivity index (χ2n) is 17.9. The zero-order chi connectivity index (χ0) is 45.9. The smallest absolute Gasteiger partial charge is 0.226 e. The molecule has 6 heterocycles. The summed E-state index contributed by atoms with van der Waals surface area (Å²) in [5.74, 6) is 2.95. The third-order valence-corrected chi connectivity index (χ3v) is 18.7. The van der Waals surface area contributed by atoms with Gasteiger partial charge in [0.25, 0.3) is 0 Å². The summed E-state index contributed by atoms with van der Waals surface area (Å²) in [4.78, 5) is 22.6. The summed E-state index contributed by atoms with van der Waals surface area (Å²) in [6.45, 7) is 0. The predicted octanol–water partition coefficient (Wildman–Crippen LogP) is 10.4. The quantitative estimate of drug-likeness (QED) is 0.118. The van der Waals surface area contributed by atoms with Gasteiger partial charge in [-0.3, -0.25) is 17.9 Å². The van der Waals surface area contributed by atoms with Crippen LogP contribution in [0.3, 0.4) is 0 Å². The van der Waals surface area contributed by atoms with E-state index in [2.05, 4.69) is 247 Å². The van der Waals surface area contributed by atoms with Crippen LogP contribution < -0.4 is 21.0 Å². The van der Waals surface area contributed by atoms with Crippen molar-refractivity contribution in [1.82, 2.24) is 42.4 Å². The van der Waals surface area contributed by atoms with Crippen LogP contribution in [-0.2, 0) is 0 Å². The molecule has 0 saturated heterocycles. The Morgan fingerprint density at radius 2 is 0.686 bits per heavy atom. The number of aromatic nitrogens is 9. The maximum absolute atomic E-state index is 5.97. The fourth-order valence-electron chi connectivity index (χ4n) is 11.3. The van der Waals surface area contributed by atoms with Crippen molar-refractivity contribution < 1.29 is 0 Å². The topological polar surface area (TPSA) is 75.2 Å². The van der Waals surface area contributed by atoms with Gasteiger partial charge >= 0.3 is 0 Å². The highest BCUT2D eigenvalue weighted by Gasteiger charge is 2.46. The Morgan fingerprint density at radius 1 is 0.286 bits per heavy atom. The fourth-order valence-corrected chi connectivity index (χ4v) is 15.7. The maximum atomic E-state index is 5.97. The molecule has 0 saturated carbocycles. The fraction of sp³-hybridized carbons (Fsp3) is 0. The molecule has 0 aliphatic heterocycles. The molecule has 0 unspecified atom stereocenters. The Kier molecular flexibility index (Phi) is 8.19. The monoisotopic (exact) mass is 913 g/mol. The molecule has 0 N–H and O–H groups in total. The summed E-state index contributed by atoms with van der Waals surface area (Å²) < 4.78 is 11.4. The molecule has 70 heavy (non-hydrogen) atoms. The zero-order valence-corrected chi connectivity index (χ0v) is 38.5. The normalized spacial score (nSPS) is 12.3. The summed E-state index contributed by atoms with van der Waals surface area (Å²) in [6, 6.07) is 84.3. The number of nitrogens with zero attached hydrogens (tertiary/aromatic N) is 9. The lowest BCUT2D eigenvalue weighted by Crippen LogP contribution is -2.76. The van der Waals surface area contributed by atoms with Gasteiger partial charge in [0.05, 0.1) is 55.2 Å². The van der Waals surface area contributed by atoms with Gasteiger partial charge in [0.15, 0.2) is 0 Å². The lowest BCUT2D eigenvalue weighted by atomic mass is 10.2. The first-order valence-corrected chi connectivity index (χ1v) is 25.6.